The van der Waals surface area contributed by atoms with Crippen molar-refractivity contribution in [2.24, 2.45) is 0 Å². The second-order valence-electron chi connectivity index (χ2n) is 7.29. The highest BCUT2D eigenvalue weighted by molar-refractivity contribution is 9.10. The molecule has 1 amide bonds. The highest BCUT2D eigenvalue weighted by Crippen LogP contribution is 2.23. The molecule has 0 radical (unpaired) electrons. The minimum absolute atomic E-state index is 0.170. The summed E-state index contributed by atoms with van der Waals surface area (Å²) in [5.41, 5.74) is 4.43. The molecule has 0 saturated heterocycles. The number of anilines is 1. The smallest absolute Gasteiger partial charge is 0.266 e. The molecule has 0 bridgehead atoms. The number of hydrogen-bond donors (Lipinski definition) is 1. The fraction of sp³-hybridized carbons (Fsp3) is 0.167. The molecule has 2 heterocycles. The van der Waals surface area contributed by atoms with Gasteiger partial charge in [-0.25, -0.2) is 0 Å². The average Bonchev–Trinajstić information content (AvgIpc) is 3.40. The minimum Gasteiger partial charge on any atom is -0.489 e. The fourth-order valence-electron chi connectivity index (χ4n) is 3.08. The van der Waals surface area contributed by atoms with Crippen LogP contribution in [0.1, 0.15) is 31.9 Å². The van der Waals surface area contributed by atoms with Gasteiger partial charge in [-0.3, -0.25) is 9.48 Å². The van der Waals surface area contributed by atoms with E-state index >= 15 is 0 Å². The van der Waals surface area contributed by atoms with E-state index in [1.165, 1.54) is 16.9 Å². The molecule has 2 aromatic carbocycles. The Morgan fingerprint density at radius 3 is 2.74 bits per heavy atom. The summed E-state index contributed by atoms with van der Waals surface area (Å²) in [6.45, 7) is 5.18. The van der Waals surface area contributed by atoms with E-state index in [1.54, 1.807) is 10.7 Å². The van der Waals surface area contributed by atoms with Gasteiger partial charge in [0, 0.05) is 22.3 Å². The first-order valence-electron chi connectivity index (χ1n) is 9.83. The zero-order chi connectivity index (χ0) is 21.8. The number of benzene rings is 2. The molecule has 0 aliphatic carbocycles. The van der Waals surface area contributed by atoms with E-state index in [4.69, 9.17) is 4.74 Å². The predicted octanol–water partition coefficient (Wildman–Crippen LogP) is 6.20. The molecule has 5 nitrogen and oxygen atoms in total. The maximum atomic E-state index is 12.6. The van der Waals surface area contributed by atoms with Crippen LogP contribution in [0.4, 0.5) is 5.82 Å². The number of carbonyl (C=O) groups excluding carboxylic acids is 1. The first kappa shape index (κ1) is 21.3. The van der Waals surface area contributed by atoms with E-state index < -0.39 is 0 Å². The maximum absolute atomic E-state index is 12.6. The van der Waals surface area contributed by atoms with Crippen molar-refractivity contribution in [1.82, 2.24) is 9.78 Å². The SMILES string of the molecule is Cc1cccc(OCc2csc(C(=O)Nc3ccn(Cc4ccc(Br)cc4)n3)c2)c1C. The van der Waals surface area contributed by atoms with Crippen molar-refractivity contribution in [2.75, 3.05) is 5.32 Å². The summed E-state index contributed by atoms with van der Waals surface area (Å²) in [7, 11) is 0. The van der Waals surface area contributed by atoms with Gasteiger partial charge in [0.15, 0.2) is 5.82 Å². The summed E-state index contributed by atoms with van der Waals surface area (Å²) in [5.74, 6) is 1.23. The van der Waals surface area contributed by atoms with Crippen LogP contribution in [0.25, 0.3) is 0 Å². The number of nitrogens with one attached hydrogen (secondary N) is 1. The van der Waals surface area contributed by atoms with Crippen LogP contribution >= 0.6 is 27.3 Å². The van der Waals surface area contributed by atoms with Crippen LogP contribution < -0.4 is 10.1 Å². The van der Waals surface area contributed by atoms with Crippen LogP contribution in [0, 0.1) is 13.8 Å². The average molecular weight is 496 g/mol. The van der Waals surface area contributed by atoms with Gasteiger partial charge in [-0.2, -0.15) is 5.10 Å². The van der Waals surface area contributed by atoms with E-state index in [2.05, 4.69) is 39.3 Å². The summed E-state index contributed by atoms with van der Waals surface area (Å²) < 4.78 is 8.78. The monoisotopic (exact) mass is 495 g/mol. The molecule has 0 fully saturated rings. The van der Waals surface area contributed by atoms with E-state index in [0.717, 1.165) is 26.9 Å². The van der Waals surface area contributed by atoms with Gasteiger partial charge < -0.3 is 10.1 Å². The second-order valence-corrected chi connectivity index (χ2v) is 9.11. The number of aromatic nitrogens is 2. The number of nitrogens with zero attached hydrogens (tertiary/aromatic N) is 2. The Kier molecular flexibility index (Phi) is 6.53. The van der Waals surface area contributed by atoms with Crippen molar-refractivity contribution in [3.05, 3.63) is 97.8 Å². The van der Waals surface area contributed by atoms with Gasteiger partial charge in [0.1, 0.15) is 12.4 Å². The molecule has 0 atom stereocenters. The molecule has 0 unspecified atom stereocenters. The molecular formula is C24H22BrN3O2S. The fourth-order valence-corrected chi connectivity index (χ4v) is 4.14. The molecule has 0 saturated carbocycles. The lowest BCUT2D eigenvalue weighted by atomic mass is 10.1. The summed E-state index contributed by atoms with van der Waals surface area (Å²) >= 11 is 4.84. The largest absolute Gasteiger partial charge is 0.489 e. The number of thiophene rings is 1. The third-order valence-electron chi connectivity index (χ3n) is 4.97. The molecule has 0 aliphatic rings. The predicted molar refractivity (Wildman–Crippen MR) is 128 cm³/mol. The molecule has 158 valence electrons. The van der Waals surface area contributed by atoms with Gasteiger partial charge in [0.2, 0.25) is 0 Å². The maximum Gasteiger partial charge on any atom is 0.266 e. The Hall–Kier alpha value is -2.90. The first-order valence-corrected chi connectivity index (χ1v) is 11.5. The lowest BCUT2D eigenvalue weighted by molar-refractivity contribution is 0.103. The highest BCUT2D eigenvalue weighted by Gasteiger charge is 2.12. The van der Waals surface area contributed by atoms with Gasteiger partial charge in [-0.15, -0.1) is 11.3 Å². The van der Waals surface area contributed by atoms with Crippen molar-refractivity contribution < 1.29 is 9.53 Å². The molecule has 0 aliphatic heterocycles. The number of hydrogen-bond acceptors (Lipinski definition) is 4. The molecule has 4 aromatic rings. The standard InChI is InChI=1S/C24H22BrN3O2S/c1-16-4-3-5-21(17(16)2)30-14-19-12-22(31-15-19)24(29)26-23-10-11-28(27-23)13-18-6-8-20(25)9-7-18/h3-12,15H,13-14H2,1-2H3,(H,26,27,29). The van der Waals surface area contributed by atoms with E-state index in [-0.39, 0.29) is 5.91 Å². The minimum atomic E-state index is -0.170. The van der Waals surface area contributed by atoms with Crippen LogP contribution in [-0.2, 0) is 13.2 Å². The van der Waals surface area contributed by atoms with E-state index in [1.807, 2.05) is 61.0 Å². The van der Waals surface area contributed by atoms with Crippen molar-refractivity contribution in [2.45, 2.75) is 27.0 Å². The van der Waals surface area contributed by atoms with Crippen LogP contribution in [0.3, 0.4) is 0 Å². The molecule has 0 spiro atoms. The van der Waals surface area contributed by atoms with Crippen LogP contribution in [0.2, 0.25) is 0 Å². The lowest BCUT2D eigenvalue weighted by Crippen LogP contribution is -2.11. The second kappa shape index (κ2) is 9.49. The van der Waals surface area contributed by atoms with Crippen LogP contribution in [0.15, 0.2) is 70.6 Å². The third kappa shape index (κ3) is 5.42. The Labute approximate surface area is 193 Å². The molecule has 1 N–H and O–H groups in total. The van der Waals surface area contributed by atoms with E-state index in [0.29, 0.717) is 23.8 Å². The van der Waals surface area contributed by atoms with Crippen LogP contribution in [0.5, 0.6) is 5.75 Å². The van der Waals surface area contributed by atoms with Crippen molar-refractivity contribution >= 4 is 39.0 Å². The molecule has 4 rings (SSSR count). The number of amides is 1. The number of carbonyl (C=O) groups is 1. The topological polar surface area (TPSA) is 56.1 Å². The Morgan fingerprint density at radius 2 is 1.94 bits per heavy atom. The summed E-state index contributed by atoms with van der Waals surface area (Å²) in [6.07, 6.45) is 1.86. The summed E-state index contributed by atoms with van der Waals surface area (Å²) in [4.78, 5) is 13.2. The number of aryl methyl sites for hydroxylation is 1. The van der Waals surface area contributed by atoms with Gasteiger partial charge in [-0.05, 0) is 60.2 Å². The van der Waals surface area contributed by atoms with Crippen molar-refractivity contribution in [3.63, 3.8) is 0 Å². The highest BCUT2D eigenvalue weighted by atomic mass is 79.9. The molecular weight excluding hydrogens is 474 g/mol. The zero-order valence-electron chi connectivity index (χ0n) is 17.3. The zero-order valence-corrected chi connectivity index (χ0v) is 19.7. The number of halogens is 1. The number of ether oxygens (including phenoxy) is 1. The molecule has 2 aromatic heterocycles. The Bertz CT molecular complexity index is 1200. The third-order valence-corrected chi connectivity index (χ3v) is 6.47. The van der Waals surface area contributed by atoms with Gasteiger partial charge in [-0.1, -0.05) is 40.2 Å². The Morgan fingerprint density at radius 1 is 1.13 bits per heavy atom. The first-order chi connectivity index (χ1) is 15.0. The van der Waals surface area contributed by atoms with Crippen LogP contribution in [-0.4, -0.2) is 15.7 Å². The van der Waals surface area contributed by atoms with Gasteiger partial charge in [0.25, 0.3) is 5.91 Å². The quantitative estimate of drug-likeness (QED) is 0.331. The van der Waals surface area contributed by atoms with Gasteiger partial charge >= 0.3 is 0 Å². The normalized spacial score (nSPS) is 10.8. The van der Waals surface area contributed by atoms with Gasteiger partial charge in [0.05, 0.1) is 11.4 Å². The van der Waals surface area contributed by atoms with Crippen molar-refractivity contribution in [3.8, 4) is 5.75 Å². The Balaban J connectivity index is 1.34. The van der Waals surface area contributed by atoms with Crippen molar-refractivity contribution in [1.29, 1.82) is 0 Å². The lowest BCUT2D eigenvalue weighted by Gasteiger charge is -2.09. The molecule has 7 heteroatoms. The summed E-state index contributed by atoms with van der Waals surface area (Å²) in [5, 5.41) is 9.27. The van der Waals surface area contributed by atoms with E-state index in [9.17, 15) is 4.79 Å². The molecule has 31 heavy (non-hydrogen) atoms. The summed E-state index contributed by atoms with van der Waals surface area (Å²) in [6, 6.07) is 17.8. The number of rotatable bonds is 7.